The molecule has 0 radical (unpaired) electrons. The Morgan fingerprint density at radius 1 is 0.839 bits per heavy atom. The van der Waals surface area contributed by atoms with Crippen molar-refractivity contribution in [2.24, 2.45) is 0 Å². The van der Waals surface area contributed by atoms with Gasteiger partial charge in [-0.1, -0.05) is 47.0 Å². The van der Waals surface area contributed by atoms with Gasteiger partial charge in [0.05, 0.1) is 15.5 Å². The molecule has 3 rings (SSSR count). The van der Waals surface area contributed by atoms with Gasteiger partial charge in [-0.2, -0.15) is 0 Å². The van der Waals surface area contributed by atoms with Crippen LogP contribution in [0.2, 0.25) is 10.0 Å². The molecule has 0 aliphatic rings. The van der Waals surface area contributed by atoms with E-state index in [0.29, 0.717) is 5.02 Å². The molecule has 0 saturated heterocycles. The lowest BCUT2D eigenvalue weighted by Gasteiger charge is -2.11. The molecule has 0 aliphatic carbocycles. The van der Waals surface area contributed by atoms with E-state index in [1.165, 1.54) is 54.6 Å². The van der Waals surface area contributed by atoms with Crippen molar-refractivity contribution in [3.05, 3.63) is 93.5 Å². The molecule has 31 heavy (non-hydrogen) atoms. The number of carbonyl (C=O) groups excluding carboxylic acids is 2. The van der Waals surface area contributed by atoms with Crippen LogP contribution < -0.4 is 15.6 Å². The first-order chi connectivity index (χ1) is 14.7. The van der Waals surface area contributed by atoms with E-state index >= 15 is 0 Å². The first-order valence-electron chi connectivity index (χ1n) is 8.91. The molecule has 0 bridgehead atoms. The molecule has 0 aromatic heterocycles. The number of halogens is 2. The fourth-order valence-corrected chi connectivity index (χ4v) is 4.00. The predicted molar refractivity (Wildman–Crippen MR) is 120 cm³/mol. The topological polar surface area (TPSA) is 104 Å². The fourth-order valence-electron chi connectivity index (χ4n) is 2.58. The molecule has 3 N–H and O–H groups in total. The molecule has 2 amide bonds. The van der Waals surface area contributed by atoms with E-state index in [1.54, 1.807) is 12.1 Å². The zero-order valence-corrected chi connectivity index (χ0v) is 18.5. The van der Waals surface area contributed by atoms with E-state index < -0.39 is 21.8 Å². The zero-order valence-electron chi connectivity index (χ0n) is 16.1. The Balaban J connectivity index is 1.69. The number of sulfonamides is 1. The lowest BCUT2D eigenvalue weighted by molar-refractivity contribution is 0.0847. The van der Waals surface area contributed by atoms with Gasteiger partial charge < -0.3 is 0 Å². The van der Waals surface area contributed by atoms with Gasteiger partial charge in [0.1, 0.15) is 0 Å². The zero-order chi connectivity index (χ0) is 22.6. The lowest BCUT2D eigenvalue weighted by Crippen LogP contribution is -2.41. The van der Waals surface area contributed by atoms with Crippen LogP contribution in [-0.2, 0) is 10.0 Å². The highest BCUT2D eigenvalue weighted by atomic mass is 35.5. The molecular weight excluding hydrogens is 461 g/mol. The minimum atomic E-state index is -3.82. The highest BCUT2D eigenvalue weighted by Crippen LogP contribution is 2.20. The van der Waals surface area contributed by atoms with Crippen LogP contribution in [0.4, 0.5) is 5.69 Å². The summed E-state index contributed by atoms with van der Waals surface area (Å²) in [7, 11) is -3.82. The summed E-state index contributed by atoms with van der Waals surface area (Å²) in [4.78, 5) is 24.7. The average molecular weight is 478 g/mol. The summed E-state index contributed by atoms with van der Waals surface area (Å²) >= 11 is 11.8. The maximum Gasteiger partial charge on any atom is 0.271 e. The number of hydrogen-bond donors (Lipinski definition) is 3. The molecule has 7 nitrogen and oxygen atoms in total. The van der Waals surface area contributed by atoms with Gasteiger partial charge in [-0.25, -0.2) is 8.42 Å². The van der Waals surface area contributed by atoms with Gasteiger partial charge in [0.2, 0.25) is 0 Å². The van der Waals surface area contributed by atoms with Crippen LogP contribution in [0.25, 0.3) is 0 Å². The van der Waals surface area contributed by atoms with Gasteiger partial charge in [-0.05, 0) is 55.5 Å². The third-order valence-corrected chi connectivity index (χ3v) is 6.13. The van der Waals surface area contributed by atoms with Gasteiger partial charge >= 0.3 is 0 Å². The Morgan fingerprint density at radius 3 is 2.23 bits per heavy atom. The van der Waals surface area contributed by atoms with Crippen molar-refractivity contribution in [1.29, 1.82) is 0 Å². The van der Waals surface area contributed by atoms with Gasteiger partial charge in [-0.3, -0.25) is 25.2 Å². The van der Waals surface area contributed by atoms with Gasteiger partial charge in [0.15, 0.2) is 0 Å². The van der Waals surface area contributed by atoms with E-state index in [9.17, 15) is 18.0 Å². The van der Waals surface area contributed by atoms with Gasteiger partial charge in [0, 0.05) is 16.3 Å². The number of benzene rings is 3. The molecule has 0 heterocycles. The molecule has 0 aliphatic heterocycles. The molecule has 0 unspecified atom stereocenters. The average Bonchev–Trinajstić information content (AvgIpc) is 2.73. The second-order valence-electron chi connectivity index (χ2n) is 6.53. The Kier molecular flexibility index (Phi) is 6.84. The summed E-state index contributed by atoms with van der Waals surface area (Å²) in [6.07, 6.45) is 0. The summed E-state index contributed by atoms with van der Waals surface area (Å²) < 4.78 is 27.5. The van der Waals surface area contributed by atoms with Crippen molar-refractivity contribution in [3.63, 3.8) is 0 Å². The van der Waals surface area contributed by atoms with Crippen LogP contribution >= 0.6 is 23.2 Å². The first-order valence-corrected chi connectivity index (χ1v) is 11.1. The molecule has 0 atom stereocenters. The molecule has 10 heteroatoms. The van der Waals surface area contributed by atoms with Crippen molar-refractivity contribution in [3.8, 4) is 0 Å². The predicted octanol–water partition coefficient (Wildman–Crippen LogP) is 4.18. The normalized spacial score (nSPS) is 10.9. The number of hydrazine groups is 1. The van der Waals surface area contributed by atoms with Crippen LogP contribution in [0, 0.1) is 6.92 Å². The Labute approximate surface area is 189 Å². The third-order valence-electron chi connectivity index (χ3n) is 4.17. The number of nitrogens with one attached hydrogen (secondary N) is 3. The van der Waals surface area contributed by atoms with Crippen LogP contribution in [0.5, 0.6) is 0 Å². The number of amides is 2. The summed E-state index contributed by atoms with van der Waals surface area (Å²) in [6, 6.07) is 16.6. The van der Waals surface area contributed by atoms with Crippen LogP contribution in [0.3, 0.4) is 0 Å². The fraction of sp³-hybridized carbons (Fsp3) is 0.0476. The third kappa shape index (κ3) is 5.75. The highest BCUT2D eigenvalue weighted by molar-refractivity contribution is 7.92. The number of hydrogen-bond acceptors (Lipinski definition) is 4. The Hall–Kier alpha value is -3.07. The molecule has 3 aromatic carbocycles. The second-order valence-corrected chi connectivity index (χ2v) is 9.06. The quantitative estimate of drug-likeness (QED) is 0.479. The van der Waals surface area contributed by atoms with E-state index in [2.05, 4.69) is 15.6 Å². The number of carbonyl (C=O) groups is 2. The Morgan fingerprint density at radius 2 is 1.52 bits per heavy atom. The smallest absolute Gasteiger partial charge is 0.271 e. The van der Waals surface area contributed by atoms with Crippen LogP contribution in [-0.4, -0.2) is 20.2 Å². The summed E-state index contributed by atoms with van der Waals surface area (Å²) in [6.45, 7) is 1.85. The maximum atomic E-state index is 12.5. The summed E-state index contributed by atoms with van der Waals surface area (Å²) in [5, 5.41) is 0.484. The van der Waals surface area contributed by atoms with Gasteiger partial charge in [0.25, 0.3) is 21.8 Å². The molecule has 3 aromatic rings. The molecular formula is C21H17Cl2N3O4S. The summed E-state index contributed by atoms with van der Waals surface area (Å²) in [5.41, 5.74) is 5.84. The standard InChI is InChI=1S/C21H17Cl2N3O4S/c1-13-5-8-17(9-6-13)31(29,30)26-16-4-2-3-14(11-16)20(27)24-25-21(28)18-12-15(22)7-10-19(18)23/h2-12,26H,1H3,(H,24,27)(H,25,28). The molecule has 160 valence electrons. The van der Waals surface area contributed by atoms with Crippen LogP contribution in [0.1, 0.15) is 26.3 Å². The van der Waals surface area contributed by atoms with Crippen molar-refractivity contribution < 1.29 is 18.0 Å². The van der Waals surface area contributed by atoms with Crippen LogP contribution in [0.15, 0.2) is 71.6 Å². The summed E-state index contributed by atoms with van der Waals surface area (Å²) in [5.74, 6) is -1.31. The Bertz CT molecular complexity index is 1250. The highest BCUT2D eigenvalue weighted by Gasteiger charge is 2.16. The lowest BCUT2D eigenvalue weighted by atomic mass is 10.2. The van der Waals surface area contributed by atoms with Crippen molar-refractivity contribution in [1.82, 2.24) is 10.9 Å². The van der Waals surface area contributed by atoms with Crippen molar-refractivity contribution in [2.45, 2.75) is 11.8 Å². The van der Waals surface area contributed by atoms with E-state index in [1.807, 2.05) is 6.92 Å². The first kappa shape index (κ1) is 22.6. The molecule has 0 fully saturated rings. The largest absolute Gasteiger partial charge is 0.280 e. The van der Waals surface area contributed by atoms with Gasteiger partial charge in [-0.15, -0.1) is 0 Å². The minimum Gasteiger partial charge on any atom is -0.280 e. The number of anilines is 1. The van der Waals surface area contributed by atoms with E-state index in [0.717, 1.165) is 5.56 Å². The second kappa shape index (κ2) is 9.38. The van der Waals surface area contributed by atoms with Crippen molar-refractivity contribution in [2.75, 3.05) is 4.72 Å². The number of rotatable bonds is 5. The maximum absolute atomic E-state index is 12.5. The van der Waals surface area contributed by atoms with E-state index in [-0.39, 0.29) is 26.7 Å². The molecule has 0 spiro atoms. The minimum absolute atomic E-state index is 0.0917. The molecule has 0 saturated carbocycles. The van der Waals surface area contributed by atoms with Crippen molar-refractivity contribution >= 4 is 50.7 Å². The monoisotopic (exact) mass is 477 g/mol. The number of aryl methyl sites for hydroxylation is 1. The SMILES string of the molecule is Cc1ccc(S(=O)(=O)Nc2cccc(C(=O)NNC(=O)c3cc(Cl)ccc3Cl)c2)cc1. The van der Waals surface area contributed by atoms with E-state index in [4.69, 9.17) is 23.2 Å².